The second kappa shape index (κ2) is 9.62. The second-order valence-electron chi connectivity index (χ2n) is 6.69. The molecule has 6 nitrogen and oxygen atoms in total. The van der Waals surface area contributed by atoms with Crippen LogP contribution in [-0.2, 0) is 0 Å². The van der Waals surface area contributed by atoms with Gasteiger partial charge in [-0.15, -0.1) is 0 Å². The molecule has 0 spiro atoms. The van der Waals surface area contributed by atoms with E-state index in [1.165, 1.54) is 5.56 Å². The molecule has 2 N–H and O–H groups in total. The lowest BCUT2D eigenvalue weighted by Gasteiger charge is -2.20. The maximum absolute atomic E-state index is 12.8. The van der Waals surface area contributed by atoms with Gasteiger partial charge in [-0.1, -0.05) is 29.8 Å². The summed E-state index contributed by atoms with van der Waals surface area (Å²) in [6.45, 7) is 6.58. The molecule has 0 saturated carbocycles. The van der Waals surface area contributed by atoms with Gasteiger partial charge in [0.15, 0.2) is 0 Å². The average Bonchev–Trinajstić information content (AvgIpc) is 2.62. The van der Waals surface area contributed by atoms with Crippen LogP contribution >= 0.6 is 0 Å². The van der Waals surface area contributed by atoms with Gasteiger partial charge in [-0.05, 0) is 45.0 Å². The highest BCUT2D eigenvalue weighted by Gasteiger charge is 2.17. The van der Waals surface area contributed by atoms with E-state index in [2.05, 4.69) is 10.6 Å². The molecule has 0 aliphatic heterocycles. The van der Waals surface area contributed by atoms with Gasteiger partial charge in [0.25, 0.3) is 5.91 Å². The van der Waals surface area contributed by atoms with Crippen LogP contribution in [0.3, 0.4) is 0 Å². The molecule has 0 radical (unpaired) electrons. The van der Waals surface area contributed by atoms with E-state index in [1.54, 1.807) is 36.2 Å². The molecule has 2 aromatic carbocycles. The van der Waals surface area contributed by atoms with E-state index >= 15 is 0 Å². The zero-order valence-corrected chi connectivity index (χ0v) is 16.3. The predicted molar refractivity (Wildman–Crippen MR) is 107 cm³/mol. The third-order valence-corrected chi connectivity index (χ3v) is 3.89. The number of hydrogen-bond acceptors (Lipinski definition) is 3. The summed E-state index contributed by atoms with van der Waals surface area (Å²) < 4.78 is 5.68. The van der Waals surface area contributed by atoms with Gasteiger partial charge in [0.05, 0.1) is 17.8 Å². The number of urea groups is 1. The van der Waals surface area contributed by atoms with Crippen molar-refractivity contribution in [3.63, 3.8) is 0 Å². The van der Waals surface area contributed by atoms with Crippen molar-refractivity contribution in [2.24, 2.45) is 0 Å². The molecule has 2 aromatic rings. The third-order valence-electron chi connectivity index (χ3n) is 3.89. The first-order valence-electron chi connectivity index (χ1n) is 8.98. The zero-order valence-electron chi connectivity index (χ0n) is 16.3. The lowest BCUT2D eigenvalue weighted by Crippen LogP contribution is -2.35. The maximum Gasteiger partial charge on any atom is 0.319 e. The van der Waals surface area contributed by atoms with Gasteiger partial charge in [0, 0.05) is 13.1 Å². The molecule has 2 rings (SSSR count). The van der Waals surface area contributed by atoms with Gasteiger partial charge >= 0.3 is 6.03 Å². The summed E-state index contributed by atoms with van der Waals surface area (Å²) in [6.07, 6.45) is 0. The molecule has 0 bridgehead atoms. The molecule has 0 saturated heterocycles. The summed E-state index contributed by atoms with van der Waals surface area (Å²) >= 11 is 0. The quantitative estimate of drug-likeness (QED) is 0.782. The maximum atomic E-state index is 12.8. The summed E-state index contributed by atoms with van der Waals surface area (Å²) in [5.74, 6) is 0.594. The average molecular weight is 369 g/mol. The number of para-hydroxylation sites is 1. The van der Waals surface area contributed by atoms with Crippen molar-refractivity contribution in [3.05, 3.63) is 59.7 Å². The van der Waals surface area contributed by atoms with Crippen LogP contribution in [0, 0.1) is 6.92 Å². The fourth-order valence-corrected chi connectivity index (χ4v) is 2.44. The van der Waals surface area contributed by atoms with Crippen molar-refractivity contribution in [3.8, 4) is 5.75 Å². The van der Waals surface area contributed by atoms with E-state index in [0.29, 0.717) is 24.4 Å². The van der Waals surface area contributed by atoms with Gasteiger partial charge < -0.3 is 20.3 Å². The van der Waals surface area contributed by atoms with Crippen molar-refractivity contribution in [1.29, 1.82) is 0 Å². The van der Waals surface area contributed by atoms with Gasteiger partial charge in [0.1, 0.15) is 12.4 Å². The molecule has 6 heteroatoms. The molecule has 0 aliphatic carbocycles. The number of likely N-dealkylation sites (N-methyl/N-ethyl adjacent to an activating group) is 1. The van der Waals surface area contributed by atoms with Gasteiger partial charge in [-0.3, -0.25) is 4.79 Å². The fourth-order valence-electron chi connectivity index (χ4n) is 2.44. The molecule has 0 atom stereocenters. The van der Waals surface area contributed by atoms with Crippen LogP contribution in [0.5, 0.6) is 5.75 Å². The van der Waals surface area contributed by atoms with Crippen LogP contribution in [0.15, 0.2) is 48.5 Å². The lowest BCUT2D eigenvalue weighted by molar-refractivity contribution is 0.0775. The van der Waals surface area contributed by atoms with Crippen molar-refractivity contribution >= 4 is 17.6 Å². The Labute approximate surface area is 160 Å². The number of carbonyl (C=O) groups is 2. The first-order chi connectivity index (χ1) is 12.9. The van der Waals surface area contributed by atoms with E-state index in [4.69, 9.17) is 4.74 Å². The number of nitrogens with zero attached hydrogens (tertiary/aromatic N) is 1. The highest BCUT2D eigenvalue weighted by atomic mass is 16.5. The summed E-state index contributed by atoms with van der Waals surface area (Å²) in [5.41, 5.74) is 2.08. The number of aryl methyl sites for hydroxylation is 1. The Bertz CT molecular complexity index is 772. The molecule has 144 valence electrons. The molecule has 0 aliphatic rings. The number of nitrogens with one attached hydrogen (secondary N) is 2. The molecule has 0 unspecified atom stereocenters. The second-order valence-corrected chi connectivity index (χ2v) is 6.69. The van der Waals surface area contributed by atoms with Crippen LogP contribution in [-0.4, -0.2) is 43.1 Å². The standard InChI is InChI=1S/C21H27N3O3/c1-15(2)22-21(26)23-19-8-6-5-7-18(19)20(25)24(4)13-14-27-17-11-9-16(3)10-12-17/h5-12,15H,13-14H2,1-4H3,(H2,22,23,26). The van der Waals surface area contributed by atoms with Crippen LogP contribution in [0.4, 0.5) is 10.5 Å². The fraction of sp³-hybridized carbons (Fsp3) is 0.333. The molecule has 0 heterocycles. The van der Waals surface area contributed by atoms with Crippen molar-refractivity contribution in [1.82, 2.24) is 10.2 Å². The minimum Gasteiger partial charge on any atom is -0.492 e. The van der Waals surface area contributed by atoms with E-state index in [1.807, 2.05) is 45.0 Å². The summed E-state index contributed by atoms with van der Waals surface area (Å²) in [4.78, 5) is 26.3. The van der Waals surface area contributed by atoms with Crippen LogP contribution in [0.25, 0.3) is 0 Å². The number of benzene rings is 2. The number of carbonyl (C=O) groups excluding carboxylic acids is 2. The van der Waals surface area contributed by atoms with Gasteiger partial charge in [-0.25, -0.2) is 4.79 Å². The van der Waals surface area contributed by atoms with Crippen molar-refractivity contribution in [2.75, 3.05) is 25.5 Å². The molecule has 0 aromatic heterocycles. The number of anilines is 1. The Balaban J connectivity index is 1.95. The summed E-state index contributed by atoms with van der Waals surface area (Å²) in [5, 5.41) is 5.48. The van der Waals surface area contributed by atoms with Gasteiger partial charge in [-0.2, -0.15) is 0 Å². The molecule has 0 fully saturated rings. The first kappa shape index (κ1) is 20.3. The number of rotatable bonds is 7. The number of ether oxygens (including phenoxy) is 1. The Kier molecular flexibility index (Phi) is 7.23. The predicted octanol–water partition coefficient (Wildman–Crippen LogP) is 3.68. The number of amides is 3. The molecular weight excluding hydrogens is 342 g/mol. The summed E-state index contributed by atoms with van der Waals surface area (Å²) in [7, 11) is 1.71. The van der Waals surface area contributed by atoms with Crippen LogP contribution in [0.1, 0.15) is 29.8 Å². The smallest absolute Gasteiger partial charge is 0.319 e. The Morgan fingerprint density at radius 1 is 1.07 bits per heavy atom. The minimum absolute atomic E-state index is 0.00876. The Morgan fingerprint density at radius 2 is 1.74 bits per heavy atom. The molecular formula is C21H27N3O3. The van der Waals surface area contributed by atoms with E-state index in [9.17, 15) is 9.59 Å². The Hall–Kier alpha value is -3.02. The SMILES string of the molecule is Cc1ccc(OCCN(C)C(=O)c2ccccc2NC(=O)NC(C)C)cc1. The third kappa shape index (κ3) is 6.33. The topological polar surface area (TPSA) is 70.7 Å². The van der Waals surface area contributed by atoms with Crippen molar-refractivity contribution < 1.29 is 14.3 Å². The highest BCUT2D eigenvalue weighted by Crippen LogP contribution is 2.17. The van der Waals surface area contributed by atoms with E-state index in [0.717, 1.165) is 5.75 Å². The van der Waals surface area contributed by atoms with E-state index in [-0.39, 0.29) is 18.0 Å². The van der Waals surface area contributed by atoms with Crippen molar-refractivity contribution in [2.45, 2.75) is 26.8 Å². The zero-order chi connectivity index (χ0) is 19.8. The minimum atomic E-state index is -0.337. The Morgan fingerprint density at radius 3 is 2.41 bits per heavy atom. The van der Waals surface area contributed by atoms with E-state index < -0.39 is 0 Å². The normalized spacial score (nSPS) is 10.4. The van der Waals surface area contributed by atoms with Crippen LogP contribution < -0.4 is 15.4 Å². The number of hydrogen-bond donors (Lipinski definition) is 2. The monoisotopic (exact) mass is 369 g/mol. The lowest BCUT2D eigenvalue weighted by atomic mass is 10.1. The highest BCUT2D eigenvalue weighted by molar-refractivity contribution is 6.03. The summed E-state index contributed by atoms with van der Waals surface area (Å²) in [6, 6.07) is 14.4. The first-order valence-corrected chi connectivity index (χ1v) is 8.98. The van der Waals surface area contributed by atoms with Crippen LogP contribution in [0.2, 0.25) is 0 Å². The largest absolute Gasteiger partial charge is 0.492 e. The molecule has 3 amide bonds. The molecule has 27 heavy (non-hydrogen) atoms. The van der Waals surface area contributed by atoms with Gasteiger partial charge in [0.2, 0.25) is 0 Å².